The molecule has 2 spiro atoms. The minimum Gasteiger partial charge on any atom is -0.489 e. The number of likely N-dealkylation sites (tertiary alicyclic amines) is 1. The van der Waals surface area contributed by atoms with E-state index in [0.29, 0.717) is 12.5 Å². The predicted molar refractivity (Wildman–Crippen MR) is 126 cm³/mol. The molecule has 4 unspecified atom stereocenters. The fraction of sp³-hybridized carbons (Fsp3) is 0.679. The molecule has 2 heterocycles. The maximum atomic E-state index is 13.2. The van der Waals surface area contributed by atoms with Crippen LogP contribution in [0.1, 0.15) is 64.5 Å². The summed E-state index contributed by atoms with van der Waals surface area (Å²) in [6, 6.07) is 6.53. The monoisotopic (exact) mass is 451 g/mol. The van der Waals surface area contributed by atoms with E-state index in [9.17, 15) is 9.90 Å². The molecule has 1 saturated heterocycles. The summed E-state index contributed by atoms with van der Waals surface area (Å²) in [4.78, 5) is 15.2. The van der Waals surface area contributed by atoms with Crippen molar-refractivity contribution in [3.63, 3.8) is 0 Å². The third-order valence-corrected chi connectivity index (χ3v) is 10.6. The Kier molecular flexibility index (Phi) is 4.28. The van der Waals surface area contributed by atoms with Crippen molar-refractivity contribution < 1.29 is 19.4 Å². The van der Waals surface area contributed by atoms with E-state index < -0.39 is 5.60 Å². The highest BCUT2D eigenvalue weighted by atomic mass is 16.6. The number of nitrogens with zero attached hydrogens (tertiary/aromatic N) is 1. The number of aliphatic hydroxyl groups is 1. The number of benzene rings is 1. The lowest BCUT2D eigenvalue weighted by atomic mass is 9.34. The van der Waals surface area contributed by atoms with Crippen LogP contribution in [0, 0.1) is 22.7 Å². The summed E-state index contributed by atoms with van der Waals surface area (Å²) in [5.74, 6) is 1.50. The van der Waals surface area contributed by atoms with Crippen molar-refractivity contribution >= 4 is 6.09 Å². The van der Waals surface area contributed by atoms with Gasteiger partial charge in [-0.1, -0.05) is 45.6 Å². The van der Waals surface area contributed by atoms with Gasteiger partial charge >= 0.3 is 6.09 Å². The van der Waals surface area contributed by atoms with Gasteiger partial charge in [-0.05, 0) is 62.0 Å². The van der Waals surface area contributed by atoms with Crippen molar-refractivity contribution in [1.82, 2.24) is 4.90 Å². The van der Waals surface area contributed by atoms with Crippen molar-refractivity contribution in [2.75, 3.05) is 13.2 Å². The third-order valence-electron chi connectivity index (χ3n) is 10.6. The second-order valence-electron chi connectivity index (χ2n) is 12.4. The molecular formula is C28H37NO4. The van der Waals surface area contributed by atoms with Crippen LogP contribution in [-0.2, 0) is 16.6 Å². The fourth-order valence-corrected chi connectivity index (χ4v) is 8.74. The van der Waals surface area contributed by atoms with E-state index in [1.165, 1.54) is 11.1 Å². The van der Waals surface area contributed by atoms with Crippen LogP contribution in [0.2, 0.25) is 0 Å². The molecule has 2 aliphatic heterocycles. The molecule has 1 aromatic rings. The summed E-state index contributed by atoms with van der Waals surface area (Å²) in [5, 5.41) is 11.9. The first-order chi connectivity index (χ1) is 15.6. The molecule has 7 atom stereocenters. The maximum Gasteiger partial charge on any atom is 0.410 e. The Morgan fingerprint density at radius 1 is 1.33 bits per heavy atom. The summed E-state index contributed by atoms with van der Waals surface area (Å²) in [7, 11) is 0. The SMILES string of the molecule is C=CCOC(=O)N1CC[C@]23c4c5cccc4O[C@H]2C2CCC3(CC2C(C)(O)C(C)(C)C)[C@H]1C5. The van der Waals surface area contributed by atoms with E-state index in [2.05, 4.69) is 45.5 Å². The van der Waals surface area contributed by atoms with Gasteiger partial charge in [0.15, 0.2) is 0 Å². The first-order valence-corrected chi connectivity index (χ1v) is 12.6. The zero-order valence-corrected chi connectivity index (χ0v) is 20.4. The summed E-state index contributed by atoms with van der Waals surface area (Å²) < 4.78 is 12.4. The number of amides is 1. The number of hydrogen-bond donors (Lipinski definition) is 1. The molecule has 178 valence electrons. The molecule has 4 fully saturated rings. The molecule has 3 saturated carbocycles. The van der Waals surface area contributed by atoms with E-state index in [4.69, 9.17) is 9.47 Å². The Bertz CT molecular complexity index is 1030. The molecule has 4 aliphatic carbocycles. The number of carbonyl (C=O) groups is 1. The van der Waals surface area contributed by atoms with E-state index in [-0.39, 0.29) is 47.0 Å². The smallest absolute Gasteiger partial charge is 0.410 e. The zero-order chi connectivity index (χ0) is 23.4. The largest absolute Gasteiger partial charge is 0.489 e. The number of rotatable bonds is 3. The lowest BCUT2D eigenvalue weighted by molar-refractivity contribution is -0.239. The molecule has 0 radical (unpaired) electrons. The summed E-state index contributed by atoms with van der Waals surface area (Å²) >= 11 is 0. The van der Waals surface area contributed by atoms with Gasteiger partial charge in [-0.25, -0.2) is 4.79 Å². The Morgan fingerprint density at radius 3 is 2.85 bits per heavy atom. The van der Waals surface area contributed by atoms with E-state index in [1.807, 2.05) is 11.8 Å². The number of piperidine rings is 1. The normalized spacial score (nSPS) is 39.4. The average molecular weight is 452 g/mol. The first kappa shape index (κ1) is 21.5. The molecule has 1 aromatic carbocycles. The van der Waals surface area contributed by atoms with Crippen molar-refractivity contribution in [3.05, 3.63) is 42.0 Å². The molecule has 7 rings (SSSR count). The molecule has 5 heteroatoms. The predicted octanol–water partition coefficient (Wildman–Crippen LogP) is 4.85. The molecule has 4 bridgehead atoms. The van der Waals surface area contributed by atoms with Crippen LogP contribution >= 0.6 is 0 Å². The van der Waals surface area contributed by atoms with Crippen molar-refractivity contribution in [3.8, 4) is 5.75 Å². The number of carbonyl (C=O) groups excluding carboxylic acids is 1. The highest BCUT2D eigenvalue weighted by Crippen LogP contribution is 2.75. The van der Waals surface area contributed by atoms with Crippen molar-refractivity contribution in [1.29, 1.82) is 0 Å². The lowest BCUT2D eigenvalue weighted by Gasteiger charge is -2.72. The van der Waals surface area contributed by atoms with Crippen LogP contribution < -0.4 is 4.74 Å². The van der Waals surface area contributed by atoms with E-state index in [1.54, 1.807) is 6.08 Å². The lowest BCUT2D eigenvalue weighted by Crippen LogP contribution is -2.78. The van der Waals surface area contributed by atoms with Gasteiger partial charge in [0.2, 0.25) is 0 Å². The Labute approximate surface area is 197 Å². The summed E-state index contributed by atoms with van der Waals surface area (Å²) in [6.45, 7) is 13.1. The summed E-state index contributed by atoms with van der Waals surface area (Å²) in [5.41, 5.74) is 1.51. The minimum atomic E-state index is -0.826. The molecule has 1 N–H and O–H groups in total. The first-order valence-electron chi connectivity index (χ1n) is 12.6. The quantitative estimate of drug-likeness (QED) is 0.668. The molecule has 0 aromatic heterocycles. The topological polar surface area (TPSA) is 59.0 Å². The van der Waals surface area contributed by atoms with Crippen LogP contribution in [0.25, 0.3) is 0 Å². The van der Waals surface area contributed by atoms with E-state index >= 15 is 0 Å². The number of fused-ring (bicyclic) bond motifs is 2. The van der Waals surface area contributed by atoms with Crippen molar-refractivity contribution in [2.45, 2.75) is 83.0 Å². The van der Waals surface area contributed by atoms with Crippen LogP contribution in [-0.4, -0.2) is 47.0 Å². The van der Waals surface area contributed by atoms with Gasteiger partial charge in [0, 0.05) is 34.9 Å². The molecule has 6 aliphatic rings. The Balaban J connectivity index is 1.52. The van der Waals surface area contributed by atoms with E-state index in [0.717, 1.165) is 37.9 Å². The number of hydrogen-bond acceptors (Lipinski definition) is 4. The van der Waals surface area contributed by atoms with Gasteiger partial charge in [0.25, 0.3) is 0 Å². The second kappa shape index (κ2) is 6.56. The summed E-state index contributed by atoms with van der Waals surface area (Å²) in [6.07, 6.45) is 6.27. The van der Waals surface area contributed by atoms with Gasteiger partial charge in [-0.15, -0.1) is 0 Å². The fourth-order valence-electron chi connectivity index (χ4n) is 8.74. The number of ether oxygens (including phenoxy) is 2. The zero-order valence-electron chi connectivity index (χ0n) is 20.4. The van der Waals surface area contributed by atoms with Gasteiger partial charge in [0.1, 0.15) is 18.5 Å². The minimum absolute atomic E-state index is 0.0648. The van der Waals surface area contributed by atoms with Crippen LogP contribution in [0.3, 0.4) is 0 Å². The highest BCUT2D eigenvalue weighted by Gasteiger charge is 2.77. The maximum absolute atomic E-state index is 13.2. The van der Waals surface area contributed by atoms with Gasteiger partial charge in [0.05, 0.1) is 5.60 Å². The standard InChI is InChI=1S/C28H37NO4/c1-6-14-32-24(30)29-13-12-28-22-17-8-7-9-20(22)33-23(28)18-10-11-27(28,21(29)15-17)16-19(18)26(5,31)25(2,3)4/h6-9,18-19,21,23,31H,1,10-16H2,2-5H3/t18?,19?,21-,23+,26?,27?,28+/m1/s1. The average Bonchev–Trinajstić information content (AvgIpc) is 3.12. The van der Waals surface area contributed by atoms with Crippen LogP contribution in [0.15, 0.2) is 30.9 Å². The van der Waals surface area contributed by atoms with Crippen LogP contribution in [0.5, 0.6) is 5.75 Å². The third kappa shape index (κ3) is 2.40. The Hall–Kier alpha value is -2.01. The Morgan fingerprint density at radius 2 is 2.12 bits per heavy atom. The van der Waals surface area contributed by atoms with Gasteiger partial charge in [-0.3, -0.25) is 0 Å². The van der Waals surface area contributed by atoms with Crippen molar-refractivity contribution in [2.24, 2.45) is 22.7 Å². The highest BCUT2D eigenvalue weighted by molar-refractivity contribution is 5.70. The van der Waals surface area contributed by atoms with Gasteiger partial charge < -0.3 is 19.5 Å². The molecular weight excluding hydrogens is 414 g/mol. The molecule has 5 nitrogen and oxygen atoms in total. The molecule has 33 heavy (non-hydrogen) atoms. The van der Waals surface area contributed by atoms with Crippen LogP contribution in [0.4, 0.5) is 4.79 Å². The molecule has 1 amide bonds. The van der Waals surface area contributed by atoms with Gasteiger partial charge in [-0.2, -0.15) is 0 Å². The second-order valence-corrected chi connectivity index (χ2v) is 12.4.